The second-order valence-electron chi connectivity index (χ2n) is 11.1. The van der Waals surface area contributed by atoms with E-state index >= 15 is 0 Å². The van der Waals surface area contributed by atoms with Crippen LogP contribution in [0.4, 0.5) is 0 Å². The number of halogens is 1. The van der Waals surface area contributed by atoms with Gasteiger partial charge in [-0.1, -0.05) is 19.0 Å². The molecule has 0 spiro atoms. The van der Waals surface area contributed by atoms with Gasteiger partial charge >= 0.3 is 0 Å². The van der Waals surface area contributed by atoms with Crippen LogP contribution in [0.2, 0.25) is 0 Å². The van der Waals surface area contributed by atoms with E-state index in [1.165, 1.54) is 0 Å². The first-order valence-corrected chi connectivity index (χ1v) is 12.1. The van der Waals surface area contributed by atoms with E-state index in [4.69, 9.17) is 9.68 Å². The number of hydrogen-bond acceptors (Lipinski definition) is 7. The lowest BCUT2D eigenvalue weighted by Gasteiger charge is -2.61. The number of carbonyl (C=O) groups excluding carboxylic acids is 1. The smallest absolute Gasteiger partial charge is 0.294 e. The van der Waals surface area contributed by atoms with Crippen LogP contribution in [-0.4, -0.2) is 41.9 Å². The summed E-state index contributed by atoms with van der Waals surface area (Å²) in [5.41, 5.74) is 0.750. The van der Waals surface area contributed by atoms with Gasteiger partial charge in [-0.3, -0.25) is 4.79 Å². The van der Waals surface area contributed by atoms with E-state index in [9.17, 15) is 14.9 Å². The lowest BCUT2D eigenvalue weighted by Crippen LogP contribution is -2.58. The average Bonchev–Trinajstić information content (AvgIpc) is 3.35. The minimum atomic E-state index is -0.612. The maximum atomic E-state index is 12.7. The van der Waals surface area contributed by atoms with Crippen LogP contribution in [0.25, 0.3) is 0 Å². The maximum absolute atomic E-state index is 12.7. The first-order chi connectivity index (χ1) is 14.8. The van der Waals surface area contributed by atoms with Crippen molar-refractivity contribution in [2.24, 2.45) is 39.7 Å². The first kappa shape index (κ1) is 23.7. The number of nitrogens with zero attached hydrogens (tertiary/aromatic N) is 2. The molecule has 5 rings (SSSR count). The number of rotatable bonds is 4. The van der Waals surface area contributed by atoms with Gasteiger partial charge in [0.1, 0.15) is 18.0 Å². The van der Waals surface area contributed by atoms with E-state index in [0.29, 0.717) is 42.8 Å². The topological polar surface area (TPSA) is 103 Å². The first-order valence-electron chi connectivity index (χ1n) is 12.1. The summed E-state index contributed by atoms with van der Waals surface area (Å²) in [6.45, 7) is 6.25. The van der Waals surface area contributed by atoms with Crippen LogP contribution in [0.15, 0.2) is 5.16 Å². The maximum Gasteiger partial charge on any atom is 0.294 e. The van der Waals surface area contributed by atoms with Gasteiger partial charge in [0.15, 0.2) is 0 Å². The number of hydrogen-bond donors (Lipinski definition) is 1. The second kappa shape index (κ2) is 8.75. The highest BCUT2D eigenvalue weighted by atomic mass is 35.5. The molecule has 0 unspecified atom stereocenters. The summed E-state index contributed by atoms with van der Waals surface area (Å²) < 4.78 is 0. The normalized spacial score (nSPS) is 46.6. The largest absolute Gasteiger partial charge is 0.391 e. The highest BCUT2D eigenvalue weighted by Crippen LogP contribution is 2.65. The molecule has 0 amide bonds. The van der Waals surface area contributed by atoms with Gasteiger partial charge in [-0.15, -0.1) is 22.5 Å². The van der Waals surface area contributed by atoms with Crippen LogP contribution in [0.3, 0.4) is 0 Å². The van der Waals surface area contributed by atoms with Crippen molar-refractivity contribution in [2.45, 2.75) is 83.8 Å². The Labute approximate surface area is 195 Å². The number of ketones is 1. The predicted molar refractivity (Wildman–Crippen MR) is 121 cm³/mol. The van der Waals surface area contributed by atoms with Gasteiger partial charge in [-0.2, -0.15) is 0 Å². The van der Waals surface area contributed by atoms with E-state index in [1.807, 2.05) is 0 Å². The fourth-order valence-electron chi connectivity index (χ4n) is 8.02. The molecule has 4 saturated carbocycles. The highest BCUT2D eigenvalue weighted by Gasteiger charge is 2.62. The predicted octanol–water partition coefficient (Wildman–Crippen LogP) is 3.94. The average molecular weight is 470 g/mol. The monoisotopic (exact) mass is 469 g/mol. The number of fused-ring (bicyclic) bond motifs is 5. The van der Waals surface area contributed by atoms with E-state index in [0.717, 1.165) is 57.3 Å². The Hall–Kier alpha value is -1.41. The standard InChI is InChI=1S/C23H35N3O5.ClH/c1-22-8-5-14(25-30-15-7-10-24-13-15)11-19(22)20(31-26(28)29)12-16-17-3-4-21(27)23(17,2)9-6-18(16)22;/h15-20,24H,3-13H2,1-2H3;1H/b25-14+;/t15-,16+,17+,18+,19-,20+,22-,23+;/m1./s1. The summed E-state index contributed by atoms with van der Waals surface area (Å²) in [5, 5.41) is 18.6. The molecule has 4 aliphatic carbocycles. The summed E-state index contributed by atoms with van der Waals surface area (Å²) in [6, 6.07) is 0. The second-order valence-corrected chi connectivity index (χ2v) is 11.1. The number of oxime groups is 1. The van der Waals surface area contributed by atoms with Crippen molar-refractivity contribution < 1.29 is 19.6 Å². The Kier molecular flexibility index (Phi) is 6.49. The molecule has 9 heteroatoms. The third-order valence-corrected chi connectivity index (χ3v) is 9.77. The lowest BCUT2D eigenvalue weighted by atomic mass is 9.44. The van der Waals surface area contributed by atoms with Crippen molar-refractivity contribution in [1.29, 1.82) is 0 Å². The van der Waals surface area contributed by atoms with Crippen LogP contribution in [-0.2, 0) is 14.5 Å². The zero-order chi connectivity index (χ0) is 21.8. The minimum absolute atomic E-state index is 0. The SMILES string of the molecule is C[C@]12CC/C(=N\O[C@@H]3CCNC3)C[C@@H]1[C@@H](O[N+](=O)[O-])C[C@@H]1[C@@H]2CC[C@]2(C)C(=O)CC[C@@H]12.Cl. The van der Waals surface area contributed by atoms with Gasteiger partial charge < -0.3 is 15.0 Å². The van der Waals surface area contributed by atoms with E-state index in [-0.39, 0.29) is 35.3 Å². The molecule has 1 heterocycles. The molecule has 8 nitrogen and oxygen atoms in total. The molecule has 1 N–H and O–H groups in total. The zero-order valence-corrected chi connectivity index (χ0v) is 19.9. The van der Waals surface area contributed by atoms with Crippen molar-refractivity contribution in [1.82, 2.24) is 5.32 Å². The zero-order valence-electron chi connectivity index (χ0n) is 19.1. The Morgan fingerprint density at radius 3 is 2.66 bits per heavy atom. The van der Waals surface area contributed by atoms with Crippen LogP contribution >= 0.6 is 12.4 Å². The number of nitrogens with one attached hydrogen (secondary N) is 1. The Morgan fingerprint density at radius 1 is 1.12 bits per heavy atom. The van der Waals surface area contributed by atoms with Crippen molar-refractivity contribution >= 4 is 23.9 Å². The molecule has 0 bridgehead atoms. The third-order valence-electron chi connectivity index (χ3n) is 9.77. The van der Waals surface area contributed by atoms with Gasteiger partial charge in [0.05, 0.1) is 5.71 Å². The molecule has 8 atom stereocenters. The lowest BCUT2D eigenvalue weighted by molar-refractivity contribution is -0.772. The Bertz CT molecular complexity index is 788. The summed E-state index contributed by atoms with van der Waals surface area (Å²) in [4.78, 5) is 35.2. The van der Waals surface area contributed by atoms with Gasteiger partial charge in [-0.05, 0) is 80.6 Å². The van der Waals surface area contributed by atoms with Crippen molar-refractivity contribution in [3.05, 3.63) is 10.1 Å². The fraction of sp³-hybridized carbons (Fsp3) is 0.913. The van der Waals surface area contributed by atoms with Crippen LogP contribution in [0, 0.1) is 44.6 Å². The molecular weight excluding hydrogens is 434 g/mol. The molecule has 0 aromatic rings. The fourth-order valence-corrected chi connectivity index (χ4v) is 8.02. The van der Waals surface area contributed by atoms with Crippen molar-refractivity contribution in [3.63, 3.8) is 0 Å². The van der Waals surface area contributed by atoms with Gasteiger partial charge in [0.25, 0.3) is 5.09 Å². The summed E-state index contributed by atoms with van der Waals surface area (Å²) in [5.74, 6) is 1.62. The molecule has 0 radical (unpaired) electrons. The quantitative estimate of drug-likeness (QED) is 0.494. The molecular formula is C23H36ClN3O5. The molecule has 5 aliphatic rings. The summed E-state index contributed by atoms with van der Waals surface area (Å²) in [7, 11) is 0. The number of carbonyl (C=O) groups is 1. The Morgan fingerprint density at radius 2 is 1.94 bits per heavy atom. The van der Waals surface area contributed by atoms with Crippen molar-refractivity contribution in [2.75, 3.05) is 13.1 Å². The number of Topliss-reactive ketones (excluding diaryl/α,β-unsaturated/α-hetero) is 1. The molecule has 1 aliphatic heterocycles. The van der Waals surface area contributed by atoms with Crippen LogP contribution in [0.5, 0.6) is 0 Å². The highest BCUT2D eigenvalue weighted by molar-refractivity contribution is 5.87. The molecule has 0 aromatic carbocycles. The van der Waals surface area contributed by atoms with Gasteiger partial charge in [0, 0.05) is 24.8 Å². The van der Waals surface area contributed by atoms with Gasteiger partial charge in [0.2, 0.25) is 0 Å². The summed E-state index contributed by atoms with van der Waals surface area (Å²) in [6.07, 6.45) is 7.47. The van der Waals surface area contributed by atoms with E-state index < -0.39 is 11.2 Å². The van der Waals surface area contributed by atoms with Crippen molar-refractivity contribution in [3.8, 4) is 0 Å². The molecule has 32 heavy (non-hydrogen) atoms. The molecule has 5 fully saturated rings. The third kappa shape index (κ3) is 3.81. The molecule has 180 valence electrons. The van der Waals surface area contributed by atoms with E-state index in [1.54, 1.807) is 0 Å². The Balaban J connectivity index is 0.00000245. The van der Waals surface area contributed by atoms with Crippen LogP contribution < -0.4 is 5.32 Å². The minimum Gasteiger partial charge on any atom is -0.391 e. The van der Waals surface area contributed by atoms with Crippen LogP contribution in [0.1, 0.15) is 71.6 Å². The molecule has 1 saturated heterocycles. The molecule has 0 aromatic heterocycles. The van der Waals surface area contributed by atoms with E-state index in [2.05, 4.69) is 24.3 Å². The van der Waals surface area contributed by atoms with Gasteiger partial charge in [-0.25, -0.2) is 0 Å². The summed E-state index contributed by atoms with van der Waals surface area (Å²) >= 11 is 0.